The summed E-state index contributed by atoms with van der Waals surface area (Å²) >= 11 is 1.56. The zero-order chi connectivity index (χ0) is 16.6. The predicted molar refractivity (Wildman–Crippen MR) is 112 cm³/mol. The van der Waals surface area contributed by atoms with Crippen molar-refractivity contribution in [2.75, 3.05) is 19.6 Å². The van der Waals surface area contributed by atoms with Gasteiger partial charge in [-0.1, -0.05) is 26.8 Å². The van der Waals surface area contributed by atoms with Crippen LogP contribution in [-0.2, 0) is 5.60 Å². The number of rotatable bonds is 7. The largest absolute Gasteiger partial charge is 0.383 e. The van der Waals surface area contributed by atoms with E-state index < -0.39 is 5.60 Å². The third-order valence-electron chi connectivity index (χ3n) is 3.34. The Kier molecular flexibility index (Phi) is 10.4. The zero-order valence-corrected chi connectivity index (χ0v) is 18.1. The first kappa shape index (κ1) is 22.7. The Hall–Kier alpha value is -0.340. The van der Waals surface area contributed by atoms with Gasteiger partial charge >= 0.3 is 0 Å². The van der Waals surface area contributed by atoms with Crippen molar-refractivity contribution in [2.24, 2.45) is 10.4 Å². The van der Waals surface area contributed by atoms with Crippen molar-refractivity contribution in [2.45, 2.75) is 53.1 Å². The quantitative estimate of drug-likeness (QED) is 0.254. The average molecular weight is 453 g/mol. The highest BCUT2D eigenvalue weighted by molar-refractivity contribution is 14.0. The van der Waals surface area contributed by atoms with Crippen LogP contribution in [0, 0.1) is 5.41 Å². The minimum atomic E-state index is -0.915. The molecule has 1 aromatic rings. The summed E-state index contributed by atoms with van der Waals surface area (Å²) < 4.78 is 0. The van der Waals surface area contributed by atoms with Crippen molar-refractivity contribution in [1.82, 2.24) is 10.6 Å². The highest BCUT2D eigenvalue weighted by Gasteiger charge is 2.23. The number of guanidine groups is 1. The van der Waals surface area contributed by atoms with Crippen molar-refractivity contribution in [3.8, 4) is 0 Å². The maximum Gasteiger partial charge on any atom is 0.191 e. The molecule has 0 radical (unpaired) electrons. The van der Waals surface area contributed by atoms with Crippen molar-refractivity contribution >= 4 is 41.3 Å². The molecule has 1 heterocycles. The Balaban J connectivity index is 0.00000484. The van der Waals surface area contributed by atoms with Crippen LogP contribution in [0.5, 0.6) is 0 Å². The summed E-state index contributed by atoms with van der Waals surface area (Å²) in [5.41, 5.74) is -0.554. The van der Waals surface area contributed by atoms with Gasteiger partial charge in [0, 0.05) is 18.0 Å². The van der Waals surface area contributed by atoms with Gasteiger partial charge in [0.1, 0.15) is 5.60 Å². The lowest BCUT2D eigenvalue weighted by atomic mass is 9.91. The minimum absolute atomic E-state index is 0. The molecule has 0 amide bonds. The van der Waals surface area contributed by atoms with E-state index in [0.29, 0.717) is 12.0 Å². The van der Waals surface area contributed by atoms with Crippen LogP contribution >= 0.6 is 35.3 Å². The molecule has 0 aliphatic rings. The Morgan fingerprint density at radius 2 is 1.96 bits per heavy atom. The fourth-order valence-electron chi connectivity index (χ4n) is 2.06. The van der Waals surface area contributed by atoms with Gasteiger partial charge in [-0.05, 0) is 43.6 Å². The molecule has 1 atom stereocenters. The van der Waals surface area contributed by atoms with Crippen molar-refractivity contribution < 1.29 is 5.11 Å². The van der Waals surface area contributed by atoms with E-state index >= 15 is 0 Å². The van der Waals surface area contributed by atoms with Gasteiger partial charge < -0.3 is 15.7 Å². The molecule has 0 aromatic carbocycles. The molecule has 134 valence electrons. The number of nitrogens with zero attached hydrogens (tertiary/aromatic N) is 1. The maximum absolute atomic E-state index is 10.5. The number of hydrogen-bond acceptors (Lipinski definition) is 3. The molecule has 1 rings (SSSR count). The lowest BCUT2D eigenvalue weighted by Gasteiger charge is -2.21. The molecule has 0 saturated carbocycles. The van der Waals surface area contributed by atoms with Gasteiger partial charge in [0.25, 0.3) is 0 Å². The maximum atomic E-state index is 10.5. The second-order valence-electron chi connectivity index (χ2n) is 7.04. The van der Waals surface area contributed by atoms with E-state index in [2.05, 4.69) is 36.4 Å². The molecular weight excluding hydrogens is 421 g/mol. The predicted octanol–water partition coefficient (Wildman–Crippen LogP) is 3.96. The highest BCUT2D eigenvalue weighted by Crippen LogP contribution is 2.25. The summed E-state index contributed by atoms with van der Waals surface area (Å²) in [7, 11) is 0. The second kappa shape index (κ2) is 10.5. The van der Waals surface area contributed by atoms with Crippen LogP contribution in [0.1, 0.15) is 52.3 Å². The monoisotopic (exact) mass is 453 g/mol. The Labute approximate surface area is 162 Å². The summed E-state index contributed by atoms with van der Waals surface area (Å²) in [5, 5.41) is 19.1. The summed E-state index contributed by atoms with van der Waals surface area (Å²) in [5.74, 6) is 0.772. The molecule has 1 unspecified atom stereocenters. The SMILES string of the molecule is CCNC(=NCC(C)(O)c1cccs1)NCCCC(C)(C)C.I. The molecule has 0 fully saturated rings. The molecule has 0 spiro atoms. The smallest absolute Gasteiger partial charge is 0.191 e. The number of hydrogen-bond donors (Lipinski definition) is 3. The fourth-order valence-corrected chi connectivity index (χ4v) is 2.84. The lowest BCUT2D eigenvalue weighted by molar-refractivity contribution is 0.0711. The van der Waals surface area contributed by atoms with Gasteiger partial charge in [0.05, 0.1) is 6.54 Å². The summed E-state index contributed by atoms with van der Waals surface area (Å²) in [6, 6.07) is 3.90. The van der Waals surface area contributed by atoms with Crippen LogP contribution in [0.4, 0.5) is 0 Å². The van der Waals surface area contributed by atoms with Crippen LogP contribution in [0.15, 0.2) is 22.5 Å². The fraction of sp³-hybridized carbons (Fsp3) is 0.706. The summed E-state index contributed by atoms with van der Waals surface area (Å²) in [4.78, 5) is 5.47. The molecular formula is C17H32IN3OS. The number of thiophene rings is 1. The number of aliphatic imine (C=N–C) groups is 1. The van der Waals surface area contributed by atoms with Crippen LogP contribution in [0.3, 0.4) is 0 Å². The number of halogens is 1. The van der Waals surface area contributed by atoms with Crippen LogP contribution in [-0.4, -0.2) is 30.7 Å². The van der Waals surface area contributed by atoms with E-state index in [1.807, 2.05) is 31.4 Å². The van der Waals surface area contributed by atoms with Gasteiger partial charge in [-0.15, -0.1) is 35.3 Å². The highest BCUT2D eigenvalue weighted by atomic mass is 127. The summed E-state index contributed by atoms with van der Waals surface area (Å²) in [6.07, 6.45) is 2.28. The minimum Gasteiger partial charge on any atom is -0.383 e. The van der Waals surface area contributed by atoms with Crippen molar-refractivity contribution in [3.05, 3.63) is 22.4 Å². The van der Waals surface area contributed by atoms with E-state index in [4.69, 9.17) is 0 Å². The molecule has 6 heteroatoms. The first-order valence-electron chi connectivity index (χ1n) is 8.03. The van der Waals surface area contributed by atoms with Crippen LogP contribution < -0.4 is 10.6 Å². The van der Waals surface area contributed by atoms with E-state index in [1.165, 1.54) is 6.42 Å². The van der Waals surface area contributed by atoms with Gasteiger partial charge in [0.2, 0.25) is 0 Å². The standard InChI is InChI=1S/C17H31N3OS.HI/c1-6-18-15(19-11-8-10-16(2,3)4)20-13-17(5,21)14-9-7-12-22-14;/h7,9,12,21H,6,8,10-11,13H2,1-5H3,(H2,18,19,20);1H. The molecule has 0 aliphatic carbocycles. The molecule has 1 aromatic heterocycles. The van der Waals surface area contributed by atoms with Crippen LogP contribution in [0.2, 0.25) is 0 Å². The van der Waals surface area contributed by atoms with E-state index in [0.717, 1.165) is 30.3 Å². The zero-order valence-electron chi connectivity index (χ0n) is 15.0. The molecule has 23 heavy (non-hydrogen) atoms. The summed E-state index contributed by atoms with van der Waals surface area (Å²) in [6.45, 7) is 12.7. The Morgan fingerprint density at radius 1 is 1.26 bits per heavy atom. The van der Waals surface area contributed by atoms with E-state index in [9.17, 15) is 5.11 Å². The third kappa shape index (κ3) is 9.52. The van der Waals surface area contributed by atoms with Crippen molar-refractivity contribution in [1.29, 1.82) is 0 Å². The first-order chi connectivity index (χ1) is 10.2. The van der Waals surface area contributed by atoms with Crippen LogP contribution in [0.25, 0.3) is 0 Å². The molecule has 0 bridgehead atoms. The van der Waals surface area contributed by atoms with Gasteiger partial charge in [-0.2, -0.15) is 0 Å². The number of aliphatic hydroxyl groups is 1. The number of nitrogens with one attached hydrogen (secondary N) is 2. The molecule has 3 N–H and O–H groups in total. The van der Waals surface area contributed by atoms with Gasteiger partial charge in [-0.3, -0.25) is 0 Å². The molecule has 0 aliphatic heterocycles. The van der Waals surface area contributed by atoms with E-state index in [1.54, 1.807) is 11.3 Å². The topological polar surface area (TPSA) is 56.7 Å². The van der Waals surface area contributed by atoms with Gasteiger partial charge in [-0.25, -0.2) is 4.99 Å². The third-order valence-corrected chi connectivity index (χ3v) is 4.46. The van der Waals surface area contributed by atoms with E-state index in [-0.39, 0.29) is 24.0 Å². The normalized spacial score (nSPS) is 14.8. The first-order valence-corrected chi connectivity index (χ1v) is 8.91. The van der Waals surface area contributed by atoms with Gasteiger partial charge in [0.15, 0.2) is 5.96 Å². The Bertz CT molecular complexity index is 453. The second-order valence-corrected chi connectivity index (χ2v) is 7.99. The van der Waals surface area contributed by atoms with Crippen molar-refractivity contribution in [3.63, 3.8) is 0 Å². The molecule has 0 saturated heterocycles. The average Bonchev–Trinajstić information content (AvgIpc) is 2.94. The lowest BCUT2D eigenvalue weighted by Crippen LogP contribution is -2.39. The molecule has 4 nitrogen and oxygen atoms in total. The Morgan fingerprint density at radius 3 is 2.48 bits per heavy atom.